The highest BCUT2D eigenvalue weighted by molar-refractivity contribution is 5.89. The summed E-state index contributed by atoms with van der Waals surface area (Å²) in [5.41, 5.74) is 0.353. The molecule has 1 amide bonds. The molecule has 0 radical (unpaired) electrons. The summed E-state index contributed by atoms with van der Waals surface area (Å²) in [4.78, 5) is 26.8. The van der Waals surface area contributed by atoms with E-state index in [-0.39, 0.29) is 11.7 Å². The van der Waals surface area contributed by atoms with Gasteiger partial charge in [0.05, 0.1) is 6.54 Å². The molecule has 6 nitrogen and oxygen atoms in total. The molecule has 25 heavy (non-hydrogen) atoms. The molecule has 0 unspecified atom stereocenters. The number of hydrogen-bond donors (Lipinski definition) is 0. The standard InChI is InChI=1S/C18H24FN5O/c1-3-23(4-2)16(25)12-22-8-10-24(11-9-22)18-14-6-5-7-15(19)17(14)20-13-21-18/h5-7,13H,3-4,8-12H2,1-2H3. The summed E-state index contributed by atoms with van der Waals surface area (Å²) in [7, 11) is 0. The Morgan fingerprint density at radius 2 is 1.88 bits per heavy atom. The molecule has 0 atom stereocenters. The lowest BCUT2D eigenvalue weighted by Crippen LogP contribution is -2.50. The number of amides is 1. The number of carbonyl (C=O) groups excluding carboxylic acids is 1. The number of rotatable bonds is 5. The van der Waals surface area contributed by atoms with Crippen molar-refractivity contribution in [3.63, 3.8) is 0 Å². The second-order valence-electron chi connectivity index (χ2n) is 6.16. The van der Waals surface area contributed by atoms with Gasteiger partial charge in [0.15, 0.2) is 0 Å². The van der Waals surface area contributed by atoms with E-state index in [0.29, 0.717) is 12.1 Å². The Hall–Kier alpha value is -2.28. The van der Waals surface area contributed by atoms with Crippen molar-refractivity contribution >= 4 is 22.6 Å². The SMILES string of the molecule is CCN(CC)C(=O)CN1CCN(c2ncnc3c(F)cccc23)CC1. The van der Waals surface area contributed by atoms with Crippen molar-refractivity contribution < 1.29 is 9.18 Å². The van der Waals surface area contributed by atoms with Crippen LogP contribution < -0.4 is 4.90 Å². The number of nitrogens with zero attached hydrogens (tertiary/aromatic N) is 5. The molecular formula is C18H24FN5O. The van der Waals surface area contributed by atoms with Crippen molar-refractivity contribution in [3.05, 3.63) is 30.3 Å². The summed E-state index contributed by atoms with van der Waals surface area (Å²) in [6.07, 6.45) is 1.41. The maximum absolute atomic E-state index is 13.9. The van der Waals surface area contributed by atoms with Gasteiger partial charge in [-0.3, -0.25) is 9.69 Å². The summed E-state index contributed by atoms with van der Waals surface area (Å²) in [5.74, 6) is 0.608. The van der Waals surface area contributed by atoms with Crippen LogP contribution in [0.2, 0.25) is 0 Å². The minimum Gasteiger partial charge on any atom is -0.353 e. The molecule has 1 aliphatic heterocycles. The fourth-order valence-corrected chi connectivity index (χ4v) is 3.28. The number of piperazine rings is 1. The smallest absolute Gasteiger partial charge is 0.236 e. The Morgan fingerprint density at radius 3 is 2.56 bits per heavy atom. The van der Waals surface area contributed by atoms with Crippen LogP contribution in [0.25, 0.3) is 10.9 Å². The third-order valence-corrected chi connectivity index (χ3v) is 4.74. The molecule has 0 saturated carbocycles. The molecule has 0 N–H and O–H groups in total. The predicted octanol–water partition coefficient (Wildman–Crippen LogP) is 1.76. The number of benzene rings is 1. The maximum Gasteiger partial charge on any atom is 0.236 e. The first-order valence-electron chi connectivity index (χ1n) is 8.78. The van der Waals surface area contributed by atoms with Gasteiger partial charge < -0.3 is 9.80 Å². The van der Waals surface area contributed by atoms with Gasteiger partial charge in [-0.15, -0.1) is 0 Å². The molecule has 1 aromatic heterocycles. The summed E-state index contributed by atoms with van der Waals surface area (Å²) in [5, 5.41) is 0.732. The number of hydrogen-bond acceptors (Lipinski definition) is 5. The molecule has 0 aliphatic carbocycles. The fourth-order valence-electron chi connectivity index (χ4n) is 3.28. The summed E-state index contributed by atoms with van der Waals surface area (Å²) in [6, 6.07) is 4.95. The van der Waals surface area contributed by atoms with Gasteiger partial charge in [0, 0.05) is 44.7 Å². The highest BCUT2D eigenvalue weighted by Gasteiger charge is 2.23. The normalized spacial score (nSPS) is 15.6. The first-order chi connectivity index (χ1) is 12.1. The second-order valence-corrected chi connectivity index (χ2v) is 6.16. The molecule has 0 bridgehead atoms. The molecule has 1 fully saturated rings. The van der Waals surface area contributed by atoms with Crippen LogP contribution in [0, 0.1) is 5.82 Å². The van der Waals surface area contributed by atoms with Gasteiger partial charge in [-0.05, 0) is 26.0 Å². The third-order valence-electron chi connectivity index (χ3n) is 4.74. The minimum absolute atomic E-state index is 0.174. The Labute approximate surface area is 147 Å². The minimum atomic E-state index is -0.329. The number of anilines is 1. The summed E-state index contributed by atoms with van der Waals surface area (Å²) < 4.78 is 13.9. The topological polar surface area (TPSA) is 52.6 Å². The zero-order chi connectivity index (χ0) is 17.8. The largest absolute Gasteiger partial charge is 0.353 e. The van der Waals surface area contributed by atoms with Crippen LogP contribution in [0.3, 0.4) is 0 Å². The molecule has 1 saturated heterocycles. The van der Waals surface area contributed by atoms with E-state index in [9.17, 15) is 9.18 Å². The van der Waals surface area contributed by atoms with E-state index in [1.54, 1.807) is 6.07 Å². The number of fused-ring (bicyclic) bond motifs is 1. The van der Waals surface area contributed by atoms with E-state index in [4.69, 9.17) is 0 Å². The lowest BCUT2D eigenvalue weighted by atomic mass is 10.2. The molecule has 7 heteroatoms. The first-order valence-corrected chi connectivity index (χ1v) is 8.78. The zero-order valence-corrected chi connectivity index (χ0v) is 14.8. The van der Waals surface area contributed by atoms with Gasteiger partial charge in [-0.1, -0.05) is 6.07 Å². The Kier molecular flexibility index (Phi) is 5.43. The van der Waals surface area contributed by atoms with Gasteiger partial charge in [0.2, 0.25) is 5.91 Å². The molecule has 1 aliphatic rings. The van der Waals surface area contributed by atoms with E-state index in [0.717, 1.165) is 50.5 Å². The van der Waals surface area contributed by atoms with Crippen LogP contribution in [-0.4, -0.2) is 71.5 Å². The van der Waals surface area contributed by atoms with E-state index < -0.39 is 0 Å². The van der Waals surface area contributed by atoms with Crippen molar-refractivity contribution in [3.8, 4) is 0 Å². The lowest BCUT2D eigenvalue weighted by Gasteiger charge is -2.36. The van der Waals surface area contributed by atoms with Gasteiger partial charge in [-0.25, -0.2) is 14.4 Å². The quantitative estimate of drug-likeness (QED) is 0.826. The zero-order valence-electron chi connectivity index (χ0n) is 14.8. The molecule has 2 heterocycles. The summed E-state index contributed by atoms with van der Waals surface area (Å²) in [6.45, 7) is 9.03. The van der Waals surface area contributed by atoms with Crippen LogP contribution in [0.4, 0.5) is 10.2 Å². The number of carbonyl (C=O) groups is 1. The van der Waals surface area contributed by atoms with Crippen LogP contribution >= 0.6 is 0 Å². The van der Waals surface area contributed by atoms with Crippen molar-refractivity contribution in [2.45, 2.75) is 13.8 Å². The molecule has 3 rings (SSSR count). The molecule has 1 aromatic carbocycles. The van der Waals surface area contributed by atoms with E-state index in [2.05, 4.69) is 19.8 Å². The number of halogens is 1. The van der Waals surface area contributed by atoms with E-state index >= 15 is 0 Å². The van der Waals surface area contributed by atoms with Crippen LogP contribution in [0.5, 0.6) is 0 Å². The number of likely N-dealkylation sites (N-methyl/N-ethyl adjacent to an activating group) is 1. The average molecular weight is 345 g/mol. The predicted molar refractivity (Wildman–Crippen MR) is 96.1 cm³/mol. The van der Waals surface area contributed by atoms with Crippen LogP contribution in [-0.2, 0) is 4.79 Å². The lowest BCUT2D eigenvalue weighted by molar-refractivity contribution is -0.132. The molecular weight excluding hydrogens is 321 g/mol. The van der Waals surface area contributed by atoms with Crippen molar-refractivity contribution in [2.24, 2.45) is 0 Å². The molecule has 2 aromatic rings. The monoisotopic (exact) mass is 345 g/mol. The maximum atomic E-state index is 13.9. The van der Waals surface area contributed by atoms with Gasteiger partial charge in [-0.2, -0.15) is 0 Å². The Balaban J connectivity index is 1.67. The van der Waals surface area contributed by atoms with Crippen molar-refractivity contribution in [1.82, 2.24) is 19.8 Å². The van der Waals surface area contributed by atoms with Gasteiger partial charge >= 0.3 is 0 Å². The van der Waals surface area contributed by atoms with Crippen LogP contribution in [0.1, 0.15) is 13.8 Å². The Morgan fingerprint density at radius 1 is 1.16 bits per heavy atom. The van der Waals surface area contributed by atoms with E-state index in [1.807, 2.05) is 24.8 Å². The van der Waals surface area contributed by atoms with Gasteiger partial charge in [0.25, 0.3) is 0 Å². The Bertz CT molecular complexity index is 741. The third kappa shape index (κ3) is 3.71. The number of para-hydroxylation sites is 1. The highest BCUT2D eigenvalue weighted by atomic mass is 19.1. The second kappa shape index (κ2) is 7.74. The van der Waals surface area contributed by atoms with Crippen molar-refractivity contribution in [1.29, 1.82) is 0 Å². The van der Waals surface area contributed by atoms with Gasteiger partial charge in [0.1, 0.15) is 23.5 Å². The van der Waals surface area contributed by atoms with E-state index in [1.165, 1.54) is 12.4 Å². The average Bonchev–Trinajstić information content (AvgIpc) is 2.63. The fraction of sp³-hybridized carbons (Fsp3) is 0.500. The molecule has 134 valence electrons. The first kappa shape index (κ1) is 17.5. The van der Waals surface area contributed by atoms with Crippen molar-refractivity contribution in [2.75, 3.05) is 50.7 Å². The van der Waals surface area contributed by atoms with Crippen LogP contribution in [0.15, 0.2) is 24.5 Å². The number of aromatic nitrogens is 2. The highest BCUT2D eigenvalue weighted by Crippen LogP contribution is 2.25. The molecule has 0 spiro atoms. The summed E-state index contributed by atoms with van der Waals surface area (Å²) >= 11 is 0.